The van der Waals surface area contributed by atoms with Crippen molar-refractivity contribution in [3.63, 3.8) is 0 Å². The van der Waals surface area contributed by atoms with Gasteiger partial charge in [0.1, 0.15) is 12.6 Å². The van der Waals surface area contributed by atoms with Crippen molar-refractivity contribution in [1.29, 1.82) is 0 Å². The number of rotatable bonds is 7. The van der Waals surface area contributed by atoms with E-state index >= 15 is 0 Å². The maximum Gasteiger partial charge on any atom is 0.407 e. The van der Waals surface area contributed by atoms with Gasteiger partial charge in [0.05, 0.1) is 7.11 Å². The van der Waals surface area contributed by atoms with Crippen molar-refractivity contribution in [1.82, 2.24) is 10.3 Å². The molecule has 0 unspecified atom stereocenters. The molecule has 7 nitrogen and oxygen atoms in total. The lowest BCUT2D eigenvalue weighted by Gasteiger charge is -2.17. The third-order valence-corrected chi connectivity index (χ3v) is 5.38. The molecule has 0 fully saturated rings. The largest absolute Gasteiger partial charge is 0.481 e. The molecule has 31 heavy (non-hydrogen) atoms. The van der Waals surface area contributed by atoms with Gasteiger partial charge in [0.25, 0.3) is 0 Å². The highest BCUT2D eigenvalue weighted by molar-refractivity contribution is 5.81. The van der Waals surface area contributed by atoms with E-state index in [1.54, 1.807) is 12.1 Å². The Morgan fingerprint density at radius 2 is 1.68 bits per heavy atom. The number of fused-ring (bicyclic) bond motifs is 3. The summed E-state index contributed by atoms with van der Waals surface area (Å²) in [5.41, 5.74) is 5.10. The van der Waals surface area contributed by atoms with E-state index in [1.165, 1.54) is 13.3 Å². The molecule has 7 heteroatoms. The SMILES string of the molecule is COc1ccc(C[C@H](NC(=O)OCC2c3ccccc3-c3ccccc32)C(=O)O)cn1. The highest BCUT2D eigenvalue weighted by atomic mass is 16.5. The molecule has 1 amide bonds. The lowest BCUT2D eigenvalue weighted by Crippen LogP contribution is -2.42. The molecule has 0 aliphatic heterocycles. The maximum absolute atomic E-state index is 12.4. The zero-order valence-corrected chi connectivity index (χ0v) is 16.9. The van der Waals surface area contributed by atoms with E-state index in [2.05, 4.69) is 22.4 Å². The number of amides is 1. The number of methoxy groups -OCH3 is 1. The van der Waals surface area contributed by atoms with E-state index in [-0.39, 0.29) is 18.9 Å². The molecule has 158 valence electrons. The van der Waals surface area contributed by atoms with E-state index in [4.69, 9.17) is 9.47 Å². The first-order chi connectivity index (χ1) is 15.1. The molecule has 1 aromatic heterocycles. The zero-order chi connectivity index (χ0) is 21.8. The van der Waals surface area contributed by atoms with Gasteiger partial charge in [0.15, 0.2) is 0 Å². The molecule has 1 aliphatic rings. The molecular formula is C24H22N2O5. The Bertz CT molecular complexity index is 1050. The fourth-order valence-corrected chi connectivity index (χ4v) is 3.87. The normalized spacial score (nSPS) is 13.1. The molecule has 1 heterocycles. The number of hydrogen-bond acceptors (Lipinski definition) is 5. The number of aromatic nitrogens is 1. The van der Waals surface area contributed by atoms with Crippen LogP contribution in [0.25, 0.3) is 11.1 Å². The predicted octanol–water partition coefficient (Wildman–Crippen LogP) is 3.62. The van der Waals surface area contributed by atoms with Crippen molar-refractivity contribution in [2.24, 2.45) is 0 Å². The highest BCUT2D eigenvalue weighted by Crippen LogP contribution is 2.44. The second-order valence-electron chi connectivity index (χ2n) is 7.27. The smallest absolute Gasteiger partial charge is 0.407 e. The molecule has 0 radical (unpaired) electrons. The van der Waals surface area contributed by atoms with E-state index in [9.17, 15) is 14.7 Å². The average molecular weight is 418 g/mol. The Morgan fingerprint density at radius 1 is 1.03 bits per heavy atom. The van der Waals surface area contributed by atoms with Gasteiger partial charge in [0, 0.05) is 24.6 Å². The summed E-state index contributed by atoms with van der Waals surface area (Å²) in [6.45, 7) is 0.121. The predicted molar refractivity (Wildman–Crippen MR) is 114 cm³/mol. The Morgan fingerprint density at radius 3 is 2.23 bits per heavy atom. The van der Waals surface area contributed by atoms with Gasteiger partial charge in [-0.15, -0.1) is 0 Å². The van der Waals surface area contributed by atoms with Gasteiger partial charge in [-0.2, -0.15) is 0 Å². The second-order valence-corrected chi connectivity index (χ2v) is 7.27. The monoisotopic (exact) mass is 418 g/mol. The molecule has 0 saturated carbocycles. The van der Waals surface area contributed by atoms with Crippen LogP contribution in [0.15, 0.2) is 66.9 Å². The number of aliphatic carboxylic acids is 1. The minimum absolute atomic E-state index is 0.0799. The number of carboxylic acid groups (broad SMARTS) is 1. The van der Waals surface area contributed by atoms with E-state index < -0.39 is 18.1 Å². The van der Waals surface area contributed by atoms with Crippen LogP contribution < -0.4 is 10.1 Å². The zero-order valence-electron chi connectivity index (χ0n) is 16.9. The Kier molecular flexibility index (Phi) is 5.84. The molecule has 1 aliphatic carbocycles. The third-order valence-electron chi connectivity index (χ3n) is 5.38. The van der Waals surface area contributed by atoms with Crippen LogP contribution in [0.5, 0.6) is 5.88 Å². The molecule has 4 rings (SSSR count). The fraction of sp³-hybridized carbons (Fsp3) is 0.208. The van der Waals surface area contributed by atoms with E-state index in [0.717, 1.165) is 22.3 Å². The van der Waals surface area contributed by atoms with Crippen LogP contribution in [0.3, 0.4) is 0 Å². The first kappa shape index (κ1) is 20.4. The first-order valence-corrected chi connectivity index (χ1v) is 9.90. The number of nitrogens with one attached hydrogen (secondary N) is 1. The van der Waals surface area contributed by atoms with Gasteiger partial charge >= 0.3 is 12.1 Å². The minimum Gasteiger partial charge on any atom is -0.481 e. The van der Waals surface area contributed by atoms with Crippen LogP contribution in [0.2, 0.25) is 0 Å². The minimum atomic E-state index is -1.15. The lowest BCUT2D eigenvalue weighted by atomic mass is 9.98. The lowest BCUT2D eigenvalue weighted by molar-refractivity contribution is -0.139. The molecule has 1 atom stereocenters. The number of alkyl carbamates (subject to hydrolysis) is 1. The number of benzene rings is 2. The number of carbonyl (C=O) groups excluding carboxylic acids is 1. The third kappa shape index (κ3) is 4.35. The summed E-state index contributed by atoms with van der Waals surface area (Å²) < 4.78 is 10.4. The molecule has 0 bridgehead atoms. The standard InChI is InChI=1S/C24H22N2O5/c1-30-22-11-10-15(13-25-22)12-21(23(27)28)26-24(29)31-14-20-18-8-4-2-6-16(18)17-7-3-5-9-19(17)20/h2-11,13,20-21H,12,14H2,1H3,(H,26,29)(H,27,28)/t21-/m0/s1. The topological polar surface area (TPSA) is 97.8 Å². The van der Waals surface area contributed by atoms with Crippen molar-refractivity contribution >= 4 is 12.1 Å². The summed E-state index contributed by atoms with van der Waals surface area (Å²) in [5.74, 6) is -0.809. The number of hydrogen-bond donors (Lipinski definition) is 2. The number of nitrogens with zero attached hydrogens (tertiary/aromatic N) is 1. The summed E-state index contributed by atoms with van der Waals surface area (Å²) in [7, 11) is 1.50. The Balaban J connectivity index is 1.41. The molecule has 0 spiro atoms. The number of carbonyl (C=O) groups is 2. The van der Waals surface area contributed by atoms with Gasteiger partial charge in [-0.25, -0.2) is 14.6 Å². The van der Waals surface area contributed by atoms with E-state index in [0.29, 0.717) is 11.4 Å². The van der Waals surface area contributed by atoms with Crippen molar-refractivity contribution in [2.45, 2.75) is 18.4 Å². The van der Waals surface area contributed by atoms with Gasteiger partial charge < -0.3 is 19.9 Å². The second kappa shape index (κ2) is 8.87. The summed E-state index contributed by atoms with van der Waals surface area (Å²) >= 11 is 0. The summed E-state index contributed by atoms with van der Waals surface area (Å²) in [5, 5.41) is 12.0. The van der Waals surface area contributed by atoms with Gasteiger partial charge in [-0.3, -0.25) is 0 Å². The van der Waals surface area contributed by atoms with Crippen LogP contribution in [0.1, 0.15) is 22.6 Å². The first-order valence-electron chi connectivity index (χ1n) is 9.90. The maximum atomic E-state index is 12.4. The average Bonchev–Trinajstić information content (AvgIpc) is 3.11. The van der Waals surface area contributed by atoms with Crippen molar-refractivity contribution < 1.29 is 24.2 Å². The number of carboxylic acids is 1. The molecule has 2 aromatic carbocycles. The highest BCUT2D eigenvalue weighted by Gasteiger charge is 2.29. The van der Waals surface area contributed by atoms with Crippen LogP contribution in [-0.4, -0.2) is 41.9 Å². The van der Waals surface area contributed by atoms with Gasteiger partial charge in [-0.05, 0) is 27.8 Å². The van der Waals surface area contributed by atoms with E-state index in [1.807, 2.05) is 36.4 Å². The van der Waals surface area contributed by atoms with Crippen molar-refractivity contribution in [3.05, 3.63) is 83.6 Å². The van der Waals surface area contributed by atoms with Gasteiger partial charge in [-0.1, -0.05) is 54.6 Å². The molecule has 0 saturated heterocycles. The quantitative estimate of drug-likeness (QED) is 0.608. The van der Waals surface area contributed by atoms with Crippen LogP contribution in [0, 0.1) is 0 Å². The molecule has 2 N–H and O–H groups in total. The number of pyridine rings is 1. The Hall–Kier alpha value is -3.87. The summed E-state index contributed by atoms with van der Waals surface area (Å²) in [4.78, 5) is 28.1. The van der Waals surface area contributed by atoms with Crippen molar-refractivity contribution in [3.8, 4) is 17.0 Å². The van der Waals surface area contributed by atoms with Crippen molar-refractivity contribution in [2.75, 3.05) is 13.7 Å². The van der Waals surface area contributed by atoms with Gasteiger partial charge in [0.2, 0.25) is 5.88 Å². The number of ether oxygens (including phenoxy) is 2. The summed E-state index contributed by atoms with van der Waals surface area (Å²) in [6.07, 6.45) is 0.834. The Labute approximate surface area is 179 Å². The van der Waals surface area contributed by atoms with Crippen LogP contribution in [-0.2, 0) is 16.0 Å². The molecular weight excluding hydrogens is 396 g/mol. The van der Waals surface area contributed by atoms with Crippen LogP contribution >= 0.6 is 0 Å². The summed E-state index contributed by atoms with van der Waals surface area (Å²) in [6, 6.07) is 18.3. The van der Waals surface area contributed by atoms with Crippen LogP contribution in [0.4, 0.5) is 4.79 Å². The molecule has 3 aromatic rings. The fourth-order valence-electron chi connectivity index (χ4n) is 3.87.